The van der Waals surface area contributed by atoms with Crippen molar-refractivity contribution in [3.63, 3.8) is 0 Å². The van der Waals surface area contributed by atoms with Crippen LogP contribution < -0.4 is 12.4 Å². The molecule has 0 saturated heterocycles. The van der Waals surface area contributed by atoms with Gasteiger partial charge in [-0.25, -0.2) is 0 Å². The molecule has 0 bridgehead atoms. The number of halogens is 2. The van der Waals surface area contributed by atoms with Gasteiger partial charge in [0, 0.05) is 0 Å². The summed E-state index contributed by atoms with van der Waals surface area (Å²) in [5.41, 5.74) is 0. The van der Waals surface area contributed by atoms with Gasteiger partial charge in [0.1, 0.15) is 0 Å². The van der Waals surface area contributed by atoms with Gasteiger partial charge in [-0.1, -0.05) is 19.8 Å². The Morgan fingerprint density at radius 2 is 1.67 bits per heavy atom. The summed E-state index contributed by atoms with van der Waals surface area (Å²) in [6.45, 7) is 2.91. The van der Waals surface area contributed by atoms with Crippen LogP contribution in [0.3, 0.4) is 0 Å². The van der Waals surface area contributed by atoms with E-state index in [2.05, 4.69) is 6.92 Å². The van der Waals surface area contributed by atoms with Crippen LogP contribution in [0.25, 0.3) is 0 Å². The molecule has 0 aliphatic rings. The maximum Gasteiger partial charge on any atom is 0.221 e. The maximum atomic E-state index is 12.3. The predicted molar refractivity (Wildman–Crippen MR) is 47.1 cm³/mol. The predicted octanol–water partition coefficient (Wildman–Crippen LogP) is -0.426. The SMILES string of the molecule is CCCCCC[N+](C)(C)CF.[Cl-]. The van der Waals surface area contributed by atoms with Gasteiger partial charge in [-0.05, 0) is 12.8 Å². The van der Waals surface area contributed by atoms with Crippen LogP contribution in [0.4, 0.5) is 4.39 Å². The van der Waals surface area contributed by atoms with Gasteiger partial charge in [-0.15, -0.1) is 0 Å². The van der Waals surface area contributed by atoms with Crippen molar-refractivity contribution >= 4 is 0 Å². The average Bonchev–Trinajstić information content (AvgIpc) is 1.99. The number of hydrogen-bond acceptors (Lipinski definition) is 0. The van der Waals surface area contributed by atoms with E-state index in [0.717, 1.165) is 13.0 Å². The minimum absolute atomic E-state index is 0. The van der Waals surface area contributed by atoms with Gasteiger partial charge in [-0.3, -0.25) is 0 Å². The number of hydrogen-bond donors (Lipinski definition) is 0. The topological polar surface area (TPSA) is 0 Å². The molecule has 0 aromatic heterocycles. The van der Waals surface area contributed by atoms with Crippen molar-refractivity contribution in [2.24, 2.45) is 0 Å². The average molecular weight is 198 g/mol. The largest absolute Gasteiger partial charge is 1.00 e. The fourth-order valence-electron chi connectivity index (χ4n) is 1.03. The van der Waals surface area contributed by atoms with Crippen molar-refractivity contribution in [3.05, 3.63) is 0 Å². The smallest absolute Gasteiger partial charge is 0.221 e. The quantitative estimate of drug-likeness (QED) is 0.308. The molecule has 0 rings (SSSR count). The van der Waals surface area contributed by atoms with Crippen LogP contribution in [0.1, 0.15) is 32.6 Å². The van der Waals surface area contributed by atoms with Crippen molar-refractivity contribution < 1.29 is 21.3 Å². The van der Waals surface area contributed by atoms with Crippen LogP contribution in [-0.4, -0.2) is 31.9 Å². The Labute approximate surface area is 81.9 Å². The zero-order chi connectivity index (χ0) is 8.74. The van der Waals surface area contributed by atoms with E-state index in [-0.39, 0.29) is 19.2 Å². The Morgan fingerprint density at radius 1 is 1.08 bits per heavy atom. The van der Waals surface area contributed by atoms with Crippen molar-refractivity contribution in [1.29, 1.82) is 0 Å². The van der Waals surface area contributed by atoms with Crippen molar-refractivity contribution in [1.82, 2.24) is 0 Å². The first-order valence-electron chi connectivity index (χ1n) is 4.50. The van der Waals surface area contributed by atoms with E-state index < -0.39 is 0 Å². The van der Waals surface area contributed by atoms with Crippen LogP contribution in [-0.2, 0) is 0 Å². The standard InChI is InChI=1S/C9H21FN.ClH/c1-4-5-6-7-8-11(2,3)9-10;/h4-9H2,1-3H3;1H/q+1;/p-1. The molecule has 0 fully saturated rings. The Balaban J connectivity index is 0. The van der Waals surface area contributed by atoms with Crippen LogP contribution in [0.5, 0.6) is 0 Å². The third-order valence-electron chi connectivity index (χ3n) is 1.94. The van der Waals surface area contributed by atoms with Gasteiger partial charge in [0.2, 0.25) is 6.80 Å². The Hall–Kier alpha value is 0.180. The first kappa shape index (κ1) is 14.7. The van der Waals surface area contributed by atoms with E-state index in [1.165, 1.54) is 19.3 Å². The lowest BCUT2D eigenvalue weighted by atomic mass is 10.2. The minimum Gasteiger partial charge on any atom is -1.00 e. The molecule has 0 amide bonds. The van der Waals surface area contributed by atoms with E-state index in [1.807, 2.05) is 14.1 Å². The van der Waals surface area contributed by atoms with Crippen LogP contribution in [0.2, 0.25) is 0 Å². The fraction of sp³-hybridized carbons (Fsp3) is 1.00. The van der Waals surface area contributed by atoms with Crippen molar-refractivity contribution in [2.75, 3.05) is 27.4 Å². The molecule has 0 radical (unpaired) electrons. The second-order valence-electron chi connectivity index (χ2n) is 3.84. The highest BCUT2D eigenvalue weighted by molar-refractivity contribution is 4.38. The molecule has 0 N–H and O–H groups in total. The summed E-state index contributed by atoms with van der Waals surface area (Å²) in [6.07, 6.45) is 4.94. The molecule has 0 aromatic carbocycles. The molecule has 1 nitrogen and oxygen atoms in total. The van der Waals surface area contributed by atoms with Gasteiger partial charge < -0.3 is 16.9 Å². The lowest BCUT2D eigenvalue weighted by Crippen LogP contribution is -3.00. The summed E-state index contributed by atoms with van der Waals surface area (Å²) < 4.78 is 12.8. The second kappa shape index (κ2) is 7.81. The summed E-state index contributed by atoms with van der Waals surface area (Å²) in [4.78, 5) is 0. The summed E-state index contributed by atoms with van der Waals surface area (Å²) in [5, 5.41) is 0. The molecule has 12 heavy (non-hydrogen) atoms. The molecule has 76 valence electrons. The molecule has 0 saturated carbocycles. The highest BCUT2D eigenvalue weighted by Crippen LogP contribution is 2.04. The van der Waals surface area contributed by atoms with Crippen LogP contribution in [0.15, 0.2) is 0 Å². The zero-order valence-electron chi connectivity index (χ0n) is 8.45. The fourth-order valence-corrected chi connectivity index (χ4v) is 1.03. The Morgan fingerprint density at radius 3 is 2.08 bits per heavy atom. The molecule has 0 spiro atoms. The van der Waals surface area contributed by atoms with Crippen molar-refractivity contribution in [2.45, 2.75) is 32.6 Å². The van der Waals surface area contributed by atoms with Crippen molar-refractivity contribution in [3.8, 4) is 0 Å². The first-order chi connectivity index (χ1) is 5.12. The highest BCUT2D eigenvalue weighted by atomic mass is 35.5. The zero-order valence-corrected chi connectivity index (χ0v) is 9.20. The number of alkyl halides is 1. The summed E-state index contributed by atoms with van der Waals surface area (Å²) in [7, 11) is 3.87. The molecule has 0 aromatic rings. The van der Waals surface area contributed by atoms with E-state index in [0.29, 0.717) is 4.48 Å². The Bertz CT molecular complexity index is 96.5. The maximum absolute atomic E-state index is 12.3. The summed E-state index contributed by atoms with van der Waals surface area (Å²) >= 11 is 0. The molecular formula is C9H21ClFN. The third-order valence-corrected chi connectivity index (χ3v) is 1.94. The number of unbranched alkanes of at least 4 members (excludes halogenated alkanes) is 3. The lowest BCUT2D eigenvalue weighted by Gasteiger charge is -2.25. The first-order valence-corrected chi connectivity index (χ1v) is 4.50. The van der Waals surface area contributed by atoms with Crippen LogP contribution in [0, 0.1) is 0 Å². The van der Waals surface area contributed by atoms with E-state index >= 15 is 0 Å². The second-order valence-corrected chi connectivity index (χ2v) is 3.84. The number of quaternary nitrogens is 1. The molecule has 0 unspecified atom stereocenters. The van der Waals surface area contributed by atoms with E-state index in [9.17, 15) is 4.39 Å². The molecular weight excluding hydrogens is 177 g/mol. The molecule has 0 atom stereocenters. The van der Waals surface area contributed by atoms with E-state index in [4.69, 9.17) is 0 Å². The number of rotatable bonds is 6. The monoisotopic (exact) mass is 197 g/mol. The molecule has 3 heteroatoms. The normalized spacial score (nSPS) is 11.0. The third kappa shape index (κ3) is 8.28. The van der Waals surface area contributed by atoms with Crippen LogP contribution >= 0.6 is 0 Å². The van der Waals surface area contributed by atoms with Gasteiger partial charge in [0.05, 0.1) is 20.6 Å². The summed E-state index contributed by atoms with van der Waals surface area (Å²) in [6, 6.07) is 0. The van der Waals surface area contributed by atoms with Gasteiger partial charge in [-0.2, -0.15) is 4.39 Å². The molecule has 0 aliphatic carbocycles. The molecule has 0 aliphatic heterocycles. The molecule has 0 heterocycles. The highest BCUT2D eigenvalue weighted by Gasteiger charge is 2.12. The van der Waals surface area contributed by atoms with E-state index in [1.54, 1.807) is 0 Å². The Kier molecular flexibility index (Phi) is 9.56. The van der Waals surface area contributed by atoms with Gasteiger partial charge >= 0.3 is 0 Å². The van der Waals surface area contributed by atoms with Gasteiger partial charge in [0.15, 0.2) is 0 Å². The minimum atomic E-state index is -0.244. The summed E-state index contributed by atoms with van der Waals surface area (Å²) in [5.74, 6) is 0. The van der Waals surface area contributed by atoms with Gasteiger partial charge in [0.25, 0.3) is 0 Å². The lowest BCUT2D eigenvalue weighted by molar-refractivity contribution is -0.902. The number of nitrogens with zero attached hydrogens (tertiary/aromatic N) is 1.